The molecule has 0 radical (unpaired) electrons. The number of nitrogen functional groups attached to an aromatic ring is 1. The SMILES string of the molecule is CCC(C)CN(C)S(=O)(=O)c1cc(C)c(F)c(N)c1. The highest BCUT2D eigenvalue weighted by Crippen LogP contribution is 2.23. The third-order valence-corrected chi connectivity index (χ3v) is 5.03. The average molecular weight is 288 g/mol. The minimum absolute atomic E-state index is 0.0368. The molecule has 1 unspecified atom stereocenters. The summed E-state index contributed by atoms with van der Waals surface area (Å²) < 4.78 is 39.4. The van der Waals surface area contributed by atoms with Crippen molar-refractivity contribution in [2.45, 2.75) is 32.1 Å². The maximum Gasteiger partial charge on any atom is 0.242 e. The van der Waals surface area contributed by atoms with Gasteiger partial charge in [-0.3, -0.25) is 0 Å². The van der Waals surface area contributed by atoms with Crippen LogP contribution in [0.4, 0.5) is 10.1 Å². The molecule has 0 aliphatic carbocycles. The van der Waals surface area contributed by atoms with E-state index in [4.69, 9.17) is 5.73 Å². The van der Waals surface area contributed by atoms with Gasteiger partial charge < -0.3 is 5.73 Å². The summed E-state index contributed by atoms with van der Waals surface area (Å²) in [5.41, 5.74) is 5.58. The van der Waals surface area contributed by atoms with Gasteiger partial charge in [-0.1, -0.05) is 20.3 Å². The zero-order valence-corrected chi connectivity index (χ0v) is 12.6. The first-order chi connectivity index (χ1) is 8.70. The molecule has 1 rings (SSSR count). The number of anilines is 1. The maximum atomic E-state index is 13.4. The molecule has 0 bridgehead atoms. The number of hydrogen-bond donors (Lipinski definition) is 1. The Labute approximate surface area is 114 Å². The van der Waals surface area contributed by atoms with Crippen molar-refractivity contribution in [2.75, 3.05) is 19.3 Å². The van der Waals surface area contributed by atoms with E-state index in [1.165, 1.54) is 30.4 Å². The summed E-state index contributed by atoms with van der Waals surface area (Å²) in [5, 5.41) is 0. The monoisotopic (exact) mass is 288 g/mol. The fourth-order valence-corrected chi connectivity index (χ4v) is 3.17. The van der Waals surface area contributed by atoms with Gasteiger partial charge in [-0.05, 0) is 30.5 Å². The fourth-order valence-electron chi connectivity index (χ4n) is 1.76. The number of aryl methyl sites for hydroxylation is 1. The summed E-state index contributed by atoms with van der Waals surface area (Å²) in [5.74, 6) is -0.304. The van der Waals surface area contributed by atoms with Crippen LogP contribution < -0.4 is 5.73 Å². The van der Waals surface area contributed by atoms with Gasteiger partial charge in [0.2, 0.25) is 10.0 Å². The van der Waals surface area contributed by atoms with E-state index in [0.29, 0.717) is 6.54 Å². The summed E-state index contributed by atoms with van der Waals surface area (Å²) in [6, 6.07) is 2.49. The molecule has 0 saturated carbocycles. The van der Waals surface area contributed by atoms with E-state index in [2.05, 4.69) is 0 Å². The van der Waals surface area contributed by atoms with Gasteiger partial charge in [0, 0.05) is 13.6 Å². The molecule has 0 aliphatic heterocycles. The highest BCUT2D eigenvalue weighted by molar-refractivity contribution is 7.89. The molecule has 0 saturated heterocycles. The second kappa shape index (κ2) is 5.88. The van der Waals surface area contributed by atoms with Crippen LogP contribution in [0.25, 0.3) is 0 Å². The molecule has 0 aromatic heterocycles. The second-order valence-electron chi connectivity index (χ2n) is 4.94. The van der Waals surface area contributed by atoms with Crippen molar-refractivity contribution < 1.29 is 12.8 Å². The standard InChI is InChI=1S/C13H21FN2O2S/c1-5-9(2)8-16(4)19(17,18)11-6-10(3)13(14)12(15)7-11/h6-7,9H,5,8,15H2,1-4H3. The Bertz CT molecular complexity index is 535. The van der Waals surface area contributed by atoms with E-state index in [1.807, 2.05) is 13.8 Å². The van der Waals surface area contributed by atoms with E-state index in [-0.39, 0.29) is 22.1 Å². The van der Waals surface area contributed by atoms with Gasteiger partial charge in [-0.25, -0.2) is 17.1 Å². The summed E-state index contributed by atoms with van der Waals surface area (Å²) >= 11 is 0. The van der Waals surface area contributed by atoms with Crippen LogP contribution in [-0.2, 0) is 10.0 Å². The molecule has 4 nitrogen and oxygen atoms in total. The van der Waals surface area contributed by atoms with Gasteiger partial charge in [0.15, 0.2) is 0 Å². The van der Waals surface area contributed by atoms with Crippen molar-refractivity contribution in [3.05, 3.63) is 23.5 Å². The molecule has 0 amide bonds. The van der Waals surface area contributed by atoms with Gasteiger partial charge >= 0.3 is 0 Å². The number of halogens is 1. The van der Waals surface area contributed by atoms with Gasteiger partial charge in [0.1, 0.15) is 5.82 Å². The van der Waals surface area contributed by atoms with E-state index in [0.717, 1.165) is 6.42 Å². The first kappa shape index (κ1) is 15.9. The summed E-state index contributed by atoms with van der Waals surface area (Å²) in [4.78, 5) is 0.0368. The maximum absolute atomic E-state index is 13.4. The number of sulfonamides is 1. The average Bonchev–Trinajstić information content (AvgIpc) is 2.34. The topological polar surface area (TPSA) is 63.4 Å². The Kier molecular flexibility index (Phi) is 4.92. The molecule has 19 heavy (non-hydrogen) atoms. The minimum Gasteiger partial charge on any atom is -0.396 e. The lowest BCUT2D eigenvalue weighted by atomic mass is 10.1. The van der Waals surface area contributed by atoms with Gasteiger partial charge in [-0.15, -0.1) is 0 Å². The zero-order valence-electron chi connectivity index (χ0n) is 11.8. The van der Waals surface area contributed by atoms with Gasteiger partial charge in [-0.2, -0.15) is 0 Å². The second-order valence-corrected chi connectivity index (χ2v) is 6.99. The lowest BCUT2D eigenvalue weighted by Crippen LogP contribution is -2.31. The van der Waals surface area contributed by atoms with Crippen molar-refractivity contribution in [1.82, 2.24) is 4.31 Å². The Morgan fingerprint density at radius 3 is 2.47 bits per heavy atom. The van der Waals surface area contributed by atoms with Crippen molar-refractivity contribution in [3.63, 3.8) is 0 Å². The molecule has 1 atom stereocenters. The zero-order chi connectivity index (χ0) is 14.8. The molecule has 0 spiro atoms. The van der Waals surface area contributed by atoms with E-state index in [9.17, 15) is 12.8 Å². The lowest BCUT2D eigenvalue weighted by molar-refractivity contribution is 0.393. The normalized spacial score (nSPS) is 13.8. The molecule has 6 heteroatoms. The predicted molar refractivity (Wildman–Crippen MR) is 74.8 cm³/mol. The summed E-state index contributed by atoms with van der Waals surface area (Å²) in [7, 11) is -2.10. The Morgan fingerprint density at radius 1 is 1.42 bits per heavy atom. The summed E-state index contributed by atoms with van der Waals surface area (Å²) in [6.45, 7) is 5.91. The van der Waals surface area contributed by atoms with Crippen LogP contribution in [-0.4, -0.2) is 26.3 Å². The third kappa shape index (κ3) is 3.45. The Hall–Kier alpha value is -1.14. The van der Waals surface area contributed by atoms with Crippen LogP contribution in [0, 0.1) is 18.7 Å². The Morgan fingerprint density at radius 2 is 2.00 bits per heavy atom. The molecule has 0 aliphatic rings. The van der Waals surface area contributed by atoms with Crippen LogP contribution in [0.2, 0.25) is 0 Å². The number of rotatable bonds is 5. The molecular weight excluding hydrogens is 267 g/mol. The molecule has 2 N–H and O–H groups in total. The van der Waals surface area contributed by atoms with Crippen molar-refractivity contribution >= 4 is 15.7 Å². The van der Waals surface area contributed by atoms with Crippen molar-refractivity contribution in [2.24, 2.45) is 5.92 Å². The van der Waals surface area contributed by atoms with Crippen molar-refractivity contribution in [3.8, 4) is 0 Å². The van der Waals surface area contributed by atoms with Crippen LogP contribution in [0.3, 0.4) is 0 Å². The molecule has 108 valence electrons. The molecule has 1 aromatic rings. The third-order valence-electron chi connectivity index (χ3n) is 3.23. The number of hydrogen-bond acceptors (Lipinski definition) is 3. The quantitative estimate of drug-likeness (QED) is 0.846. The fraction of sp³-hybridized carbons (Fsp3) is 0.538. The van der Waals surface area contributed by atoms with Crippen LogP contribution in [0.1, 0.15) is 25.8 Å². The van der Waals surface area contributed by atoms with Crippen LogP contribution in [0.15, 0.2) is 17.0 Å². The van der Waals surface area contributed by atoms with Gasteiger partial charge in [0.25, 0.3) is 0 Å². The Balaban J connectivity index is 3.13. The smallest absolute Gasteiger partial charge is 0.242 e. The molecular formula is C13H21FN2O2S. The molecule has 0 fully saturated rings. The largest absolute Gasteiger partial charge is 0.396 e. The first-order valence-corrected chi connectivity index (χ1v) is 7.66. The molecule has 1 aromatic carbocycles. The lowest BCUT2D eigenvalue weighted by Gasteiger charge is -2.21. The van der Waals surface area contributed by atoms with E-state index < -0.39 is 15.8 Å². The van der Waals surface area contributed by atoms with E-state index >= 15 is 0 Å². The minimum atomic E-state index is -3.62. The summed E-state index contributed by atoms with van der Waals surface area (Å²) in [6.07, 6.45) is 0.893. The highest BCUT2D eigenvalue weighted by atomic mass is 32.2. The number of nitrogens with two attached hydrogens (primary N) is 1. The van der Waals surface area contributed by atoms with Crippen LogP contribution >= 0.6 is 0 Å². The van der Waals surface area contributed by atoms with Gasteiger partial charge in [0.05, 0.1) is 10.6 Å². The molecule has 0 heterocycles. The van der Waals surface area contributed by atoms with Crippen molar-refractivity contribution in [1.29, 1.82) is 0 Å². The predicted octanol–water partition coefficient (Wildman–Crippen LogP) is 2.38. The first-order valence-electron chi connectivity index (χ1n) is 6.22. The number of nitrogens with zero attached hydrogens (tertiary/aromatic N) is 1. The van der Waals surface area contributed by atoms with Crippen LogP contribution in [0.5, 0.6) is 0 Å². The number of benzene rings is 1. The van der Waals surface area contributed by atoms with E-state index in [1.54, 1.807) is 0 Å². The highest BCUT2D eigenvalue weighted by Gasteiger charge is 2.23.